The number of rotatable bonds is 5. The van der Waals surface area contributed by atoms with E-state index in [4.69, 9.17) is 0 Å². The van der Waals surface area contributed by atoms with Crippen molar-refractivity contribution in [2.45, 2.75) is 51.1 Å². The second-order valence-corrected chi connectivity index (χ2v) is 10.2. The summed E-state index contributed by atoms with van der Waals surface area (Å²) in [5.74, 6) is -3.92. The van der Waals surface area contributed by atoms with Crippen molar-refractivity contribution < 1.29 is 37.0 Å². The van der Waals surface area contributed by atoms with E-state index in [-0.39, 0.29) is 48.5 Å². The second kappa shape index (κ2) is 9.56. The fraction of sp³-hybridized carbons (Fsp3) is 0.423. The molecule has 3 N–H and O–H groups in total. The quantitative estimate of drug-likeness (QED) is 0.421. The molecule has 3 atom stereocenters. The highest BCUT2D eigenvalue weighted by molar-refractivity contribution is 5.97. The number of amides is 1. The molecule has 0 radical (unpaired) electrons. The lowest BCUT2D eigenvalue weighted by Crippen LogP contribution is -2.48. The largest absolute Gasteiger partial charge is 0.408 e. The van der Waals surface area contributed by atoms with E-state index in [1.807, 2.05) is 5.32 Å². The Morgan fingerprint density at radius 3 is 2.21 bits per heavy atom. The third-order valence-corrected chi connectivity index (χ3v) is 7.15. The highest BCUT2D eigenvalue weighted by Gasteiger charge is 2.50. The Morgan fingerprint density at radius 1 is 1.08 bits per heavy atom. The molecule has 0 unspecified atom stereocenters. The van der Waals surface area contributed by atoms with Crippen molar-refractivity contribution in [1.82, 2.24) is 14.9 Å². The van der Waals surface area contributed by atoms with Gasteiger partial charge in [-0.25, -0.2) is 13.8 Å². The van der Waals surface area contributed by atoms with Crippen LogP contribution in [0.4, 0.5) is 27.8 Å². The molecule has 1 amide bonds. The van der Waals surface area contributed by atoms with Crippen LogP contribution in [-0.2, 0) is 0 Å². The fourth-order valence-electron chi connectivity index (χ4n) is 5.11. The first-order valence-corrected chi connectivity index (χ1v) is 12.3. The maximum absolute atomic E-state index is 15.3. The van der Waals surface area contributed by atoms with Crippen LogP contribution in [-0.4, -0.2) is 63.2 Å². The molecule has 13 heteroatoms. The lowest BCUT2D eigenvalue weighted by atomic mass is 10.1. The molecule has 1 saturated heterocycles. The number of aryl methyl sites for hydroxylation is 2. The van der Waals surface area contributed by atoms with Crippen LogP contribution in [0.5, 0.6) is 0 Å². The summed E-state index contributed by atoms with van der Waals surface area (Å²) in [4.78, 5) is 32.0. The van der Waals surface area contributed by atoms with E-state index in [9.17, 15) is 37.4 Å². The Morgan fingerprint density at radius 2 is 1.67 bits per heavy atom. The first kappa shape index (κ1) is 27.0. The monoisotopic (exact) mass is 552 g/mol. The minimum Gasteiger partial charge on any atom is -0.389 e. The van der Waals surface area contributed by atoms with E-state index in [1.165, 1.54) is 21.6 Å². The molecule has 39 heavy (non-hydrogen) atoms. The van der Waals surface area contributed by atoms with E-state index >= 15 is 4.39 Å². The predicted octanol–water partition coefficient (Wildman–Crippen LogP) is 2.89. The van der Waals surface area contributed by atoms with E-state index in [1.54, 1.807) is 13.8 Å². The number of carbonyl (C=O) groups is 1. The highest BCUT2D eigenvalue weighted by atomic mass is 19.4. The zero-order valence-corrected chi connectivity index (χ0v) is 20.9. The number of aliphatic hydroxyl groups excluding tert-OH is 2. The summed E-state index contributed by atoms with van der Waals surface area (Å²) in [6, 6.07) is 1.06. The van der Waals surface area contributed by atoms with Gasteiger partial charge in [-0.3, -0.25) is 14.2 Å². The summed E-state index contributed by atoms with van der Waals surface area (Å²) in [6.45, 7) is 2.82. The van der Waals surface area contributed by atoms with E-state index in [0.29, 0.717) is 11.1 Å². The molecule has 8 nitrogen and oxygen atoms in total. The number of carbonyl (C=O) groups excluding carboxylic acids is 1. The molecule has 2 aliphatic rings. The SMILES string of the molecule is Cc1cc(F)cc(C)c1-n1cc(C(=O)N[C@@H](C2CC2)C(F)(F)F)c(=O)c2cc(F)c(N3C[C@@H](O)[C@H](O)C3)nc21. The van der Waals surface area contributed by atoms with Gasteiger partial charge in [0, 0.05) is 19.3 Å². The van der Waals surface area contributed by atoms with Crippen LogP contribution < -0.4 is 15.6 Å². The predicted molar refractivity (Wildman–Crippen MR) is 131 cm³/mol. The number of β-amino-alcohol motifs (C(OH)–C–C–N with tert-alkyl or cyclic N) is 2. The van der Waals surface area contributed by atoms with Gasteiger partial charge < -0.3 is 20.4 Å². The van der Waals surface area contributed by atoms with Gasteiger partial charge in [0.25, 0.3) is 5.91 Å². The summed E-state index contributed by atoms with van der Waals surface area (Å²) in [7, 11) is 0. The van der Waals surface area contributed by atoms with Gasteiger partial charge in [0.05, 0.1) is 23.3 Å². The van der Waals surface area contributed by atoms with Gasteiger partial charge in [0.1, 0.15) is 17.4 Å². The molecule has 2 fully saturated rings. The topological polar surface area (TPSA) is 108 Å². The average molecular weight is 553 g/mol. The number of pyridine rings is 2. The van der Waals surface area contributed by atoms with Gasteiger partial charge in [-0.05, 0) is 61.9 Å². The standard InChI is InChI=1S/C26H25F5N4O4/c1-11-5-14(27)6-12(2)20(11)35-8-16(25(39)32-22(13-3-4-13)26(29,30)31)21(38)15-7-17(28)24(33-23(15)35)34-9-18(36)19(37)10-34/h5-8,13,18-19,22,36-37H,3-4,9-10H2,1-2H3,(H,32,39)/t18-,19-,22+/m1/s1. The Bertz CT molecular complexity index is 1500. The van der Waals surface area contributed by atoms with Gasteiger partial charge in [0.15, 0.2) is 17.3 Å². The van der Waals surface area contributed by atoms with Gasteiger partial charge in [-0.1, -0.05) is 0 Å². The Kier molecular flexibility index (Phi) is 6.62. The normalized spacial score (nSPS) is 20.5. The number of benzene rings is 1. The number of nitrogens with one attached hydrogen (secondary N) is 1. The van der Waals surface area contributed by atoms with Crippen molar-refractivity contribution in [3.05, 3.63) is 62.9 Å². The molecule has 1 aromatic carbocycles. The summed E-state index contributed by atoms with van der Waals surface area (Å²) in [5.41, 5.74) is -0.842. The summed E-state index contributed by atoms with van der Waals surface area (Å²) in [5, 5.41) is 21.4. The third-order valence-electron chi connectivity index (χ3n) is 7.15. The number of hydrogen-bond acceptors (Lipinski definition) is 6. The van der Waals surface area contributed by atoms with Gasteiger partial charge in [0.2, 0.25) is 5.43 Å². The average Bonchev–Trinajstić information content (AvgIpc) is 3.61. The Labute approximate surface area is 218 Å². The number of aliphatic hydroxyl groups is 2. The highest BCUT2D eigenvalue weighted by Crippen LogP contribution is 2.40. The van der Waals surface area contributed by atoms with E-state index in [0.717, 1.165) is 12.3 Å². The zero-order chi connectivity index (χ0) is 28.4. The van der Waals surface area contributed by atoms with Crippen molar-refractivity contribution in [2.24, 2.45) is 5.92 Å². The molecule has 3 aromatic rings. The van der Waals surface area contributed by atoms with Crippen LogP contribution in [0.3, 0.4) is 0 Å². The van der Waals surface area contributed by atoms with Crippen LogP contribution in [0.1, 0.15) is 34.3 Å². The number of fused-ring (bicyclic) bond motifs is 1. The van der Waals surface area contributed by atoms with Crippen molar-refractivity contribution in [2.75, 3.05) is 18.0 Å². The molecule has 0 bridgehead atoms. The number of nitrogens with zero attached hydrogens (tertiary/aromatic N) is 3. The van der Waals surface area contributed by atoms with E-state index in [2.05, 4.69) is 4.98 Å². The number of aromatic nitrogens is 2. The third kappa shape index (κ3) is 4.96. The smallest absolute Gasteiger partial charge is 0.389 e. The number of alkyl halides is 3. The van der Waals surface area contributed by atoms with Crippen LogP contribution in [0.15, 0.2) is 29.2 Å². The molecule has 1 aliphatic heterocycles. The number of halogens is 5. The van der Waals surface area contributed by atoms with Crippen LogP contribution in [0.2, 0.25) is 0 Å². The summed E-state index contributed by atoms with van der Waals surface area (Å²) >= 11 is 0. The summed E-state index contributed by atoms with van der Waals surface area (Å²) < 4.78 is 71.4. The van der Waals surface area contributed by atoms with Crippen molar-refractivity contribution in [3.8, 4) is 5.69 Å². The summed E-state index contributed by atoms with van der Waals surface area (Å²) in [6.07, 6.45) is -5.48. The minimum atomic E-state index is -4.73. The Hall–Kier alpha value is -3.58. The zero-order valence-electron chi connectivity index (χ0n) is 20.9. The minimum absolute atomic E-state index is 0.142. The van der Waals surface area contributed by atoms with Gasteiger partial charge in [-0.15, -0.1) is 0 Å². The van der Waals surface area contributed by atoms with Gasteiger partial charge in [-0.2, -0.15) is 13.2 Å². The van der Waals surface area contributed by atoms with Gasteiger partial charge >= 0.3 is 6.18 Å². The maximum Gasteiger partial charge on any atom is 0.408 e. The van der Waals surface area contributed by atoms with Crippen molar-refractivity contribution in [3.63, 3.8) is 0 Å². The molecule has 5 rings (SSSR count). The lowest BCUT2D eigenvalue weighted by Gasteiger charge is -2.23. The first-order valence-electron chi connectivity index (χ1n) is 12.3. The van der Waals surface area contributed by atoms with Crippen LogP contribution in [0, 0.1) is 31.4 Å². The molecule has 1 saturated carbocycles. The molecular formula is C26H25F5N4O4. The number of hydrogen-bond donors (Lipinski definition) is 3. The Balaban J connectivity index is 1.72. The maximum atomic E-state index is 15.3. The van der Waals surface area contributed by atoms with Crippen LogP contribution in [0.25, 0.3) is 16.7 Å². The number of anilines is 1. The van der Waals surface area contributed by atoms with E-state index < -0.39 is 58.9 Å². The van der Waals surface area contributed by atoms with Crippen molar-refractivity contribution in [1.29, 1.82) is 0 Å². The second-order valence-electron chi connectivity index (χ2n) is 10.2. The molecule has 2 aromatic heterocycles. The lowest BCUT2D eigenvalue weighted by molar-refractivity contribution is -0.158. The van der Waals surface area contributed by atoms with Crippen LogP contribution >= 0.6 is 0 Å². The molecule has 0 spiro atoms. The first-order chi connectivity index (χ1) is 18.3. The van der Waals surface area contributed by atoms with Crippen molar-refractivity contribution >= 4 is 22.8 Å². The molecule has 1 aliphatic carbocycles. The molecule has 3 heterocycles. The molecule has 208 valence electrons. The molecular weight excluding hydrogens is 527 g/mol. The fourth-order valence-corrected chi connectivity index (χ4v) is 5.11.